The van der Waals surface area contributed by atoms with Crippen molar-refractivity contribution < 1.29 is 37.5 Å². The highest BCUT2D eigenvalue weighted by atomic mass is 31.2. The van der Waals surface area contributed by atoms with Crippen LogP contribution in [0.15, 0.2) is 82.9 Å². The Bertz CT molecular complexity index is 2150. The Morgan fingerprint density at radius 1 is 0.846 bits per heavy atom. The van der Waals surface area contributed by atoms with Crippen molar-refractivity contribution in [3.63, 3.8) is 0 Å². The van der Waals surface area contributed by atoms with Crippen LogP contribution in [0.2, 0.25) is 0 Å². The highest BCUT2D eigenvalue weighted by Crippen LogP contribution is 2.49. The van der Waals surface area contributed by atoms with Crippen molar-refractivity contribution in [2.24, 2.45) is 0 Å². The van der Waals surface area contributed by atoms with Crippen LogP contribution in [0, 0.1) is 0 Å². The zero-order valence-corrected chi connectivity index (χ0v) is 28.4. The first-order valence-corrected chi connectivity index (χ1v) is 17.8. The van der Waals surface area contributed by atoms with E-state index in [4.69, 9.17) is 39.5 Å². The molecular formula is C32H36N9O10P. The Balaban J connectivity index is 1.06. The van der Waals surface area contributed by atoms with E-state index >= 15 is 0 Å². The molecule has 2 aromatic carbocycles. The number of phosphoric ester groups is 1. The topological polar surface area (TPSA) is 256 Å². The molecule has 2 fully saturated rings. The minimum atomic E-state index is -4.80. The summed E-state index contributed by atoms with van der Waals surface area (Å²) in [6.07, 6.45) is -2.29. The van der Waals surface area contributed by atoms with Crippen LogP contribution in [0.25, 0.3) is 11.2 Å². The Morgan fingerprint density at radius 3 is 2.19 bits per heavy atom. The van der Waals surface area contributed by atoms with Gasteiger partial charge in [-0.25, -0.2) is 19.3 Å². The second-order valence-electron chi connectivity index (χ2n) is 12.2. The summed E-state index contributed by atoms with van der Waals surface area (Å²) in [4.78, 5) is 54.2. The highest BCUT2D eigenvalue weighted by molar-refractivity contribution is 7.47. The maximum absolute atomic E-state index is 13.5. The number of hydrogen-bond donors (Lipinski definition) is 4. The maximum atomic E-state index is 13.5. The summed E-state index contributed by atoms with van der Waals surface area (Å²) >= 11 is 0. The lowest BCUT2D eigenvalue weighted by molar-refractivity contribution is -0.0751. The summed E-state index contributed by atoms with van der Waals surface area (Å²) in [5.74, 6) is -0.302. The number of nitrogens with two attached hydrogens (primary N) is 2. The molecular weight excluding hydrogens is 701 g/mol. The molecule has 274 valence electrons. The summed E-state index contributed by atoms with van der Waals surface area (Å²) in [6, 6.07) is 18.8. The van der Waals surface area contributed by atoms with Gasteiger partial charge in [0, 0.05) is 12.8 Å². The molecule has 20 heteroatoms. The summed E-state index contributed by atoms with van der Waals surface area (Å²) in [7, 11) is -4.80. The second-order valence-corrected chi connectivity index (χ2v) is 13.6. The number of imidazole rings is 1. The second kappa shape index (κ2) is 15.4. The molecule has 0 aliphatic carbocycles. The first kappa shape index (κ1) is 35.5. The zero-order valence-electron chi connectivity index (χ0n) is 27.5. The number of phosphoric acid groups is 1. The maximum Gasteiger partial charge on any atom is 0.472 e. The molecule has 2 aliphatic rings. The molecule has 7 atom stereocenters. The Morgan fingerprint density at radius 2 is 1.48 bits per heavy atom. The molecule has 2 saturated heterocycles. The molecule has 19 nitrogen and oxygen atoms in total. The van der Waals surface area contributed by atoms with Gasteiger partial charge in [-0.2, -0.15) is 9.97 Å². The van der Waals surface area contributed by atoms with Crippen LogP contribution in [0.4, 0.5) is 11.9 Å². The van der Waals surface area contributed by atoms with Crippen LogP contribution in [0.3, 0.4) is 0 Å². The third kappa shape index (κ3) is 8.27. The molecule has 7 rings (SSSR count). The lowest BCUT2D eigenvalue weighted by atomic mass is 10.1. The molecule has 0 saturated carbocycles. The number of aromatic amines is 1. The van der Waals surface area contributed by atoms with Crippen LogP contribution >= 0.6 is 7.82 Å². The van der Waals surface area contributed by atoms with E-state index in [1.165, 1.54) is 17.2 Å². The Hall–Kier alpha value is -4.85. The van der Waals surface area contributed by atoms with Gasteiger partial charge < -0.3 is 35.3 Å². The number of fused-ring (bicyclic) bond motifs is 1. The minimum absolute atomic E-state index is 0.0138. The van der Waals surface area contributed by atoms with Gasteiger partial charge in [0.05, 0.1) is 38.9 Å². The third-order valence-electron chi connectivity index (χ3n) is 8.55. The van der Waals surface area contributed by atoms with Crippen molar-refractivity contribution in [2.75, 3.05) is 24.7 Å². The van der Waals surface area contributed by atoms with E-state index < -0.39 is 62.6 Å². The van der Waals surface area contributed by atoms with Crippen molar-refractivity contribution >= 4 is 30.9 Å². The fourth-order valence-corrected chi connectivity index (χ4v) is 7.01. The van der Waals surface area contributed by atoms with Crippen molar-refractivity contribution in [3.8, 4) is 0 Å². The SMILES string of the molecule is Nc1ncn([C@H]2C[C@@H](OCc3ccccc3)[C@@H](COP(=O)(O)OC3C[C@H](n4cnc5c(=O)[nH]c(N)nc54)O[C@@H]3COCc3ccccc3)O2)c(=O)n1. The van der Waals surface area contributed by atoms with E-state index in [1.54, 1.807) is 0 Å². The Kier molecular flexibility index (Phi) is 10.5. The predicted octanol–water partition coefficient (Wildman–Crippen LogP) is 1.82. The van der Waals surface area contributed by atoms with E-state index in [2.05, 4.69) is 24.9 Å². The number of hydrogen-bond acceptors (Lipinski definition) is 15. The first-order valence-electron chi connectivity index (χ1n) is 16.3. The summed E-state index contributed by atoms with van der Waals surface area (Å²) < 4.78 is 51.8. The van der Waals surface area contributed by atoms with Crippen LogP contribution < -0.4 is 22.7 Å². The number of anilines is 2. The molecule has 0 radical (unpaired) electrons. The quantitative estimate of drug-likeness (QED) is 0.119. The number of nitrogens with one attached hydrogen (secondary N) is 1. The number of H-pyrrole nitrogens is 1. The minimum Gasteiger partial charge on any atom is -0.374 e. The van der Waals surface area contributed by atoms with Gasteiger partial charge >= 0.3 is 13.5 Å². The highest BCUT2D eigenvalue weighted by Gasteiger charge is 2.44. The van der Waals surface area contributed by atoms with E-state index in [0.29, 0.717) is 0 Å². The number of nitrogens with zero attached hydrogens (tertiary/aromatic N) is 6. The zero-order chi connectivity index (χ0) is 36.2. The van der Waals surface area contributed by atoms with E-state index in [0.717, 1.165) is 15.7 Å². The largest absolute Gasteiger partial charge is 0.472 e. The van der Waals surface area contributed by atoms with E-state index in [-0.39, 0.29) is 55.7 Å². The van der Waals surface area contributed by atoms with Crippen molar-refractivity contribution in [1.29, 1.82) is 0 Å². The van der Waals surface area contributed by atoms with Gasteiger partial charge in [0.2, 0.25) is 11.9 Å². The lowest BCUT2D eigenvalue weighted by Gasteiger charge is -2.23. The van der Waals surface area contributed by atoms with Gasteiger partial charge in [-0.3, -0.25) is 28.0 Å². The van der Waals surface area contributed by atoms with Gasteiger partial charge in [0.15, 0.2) is 11.2 Å². The van der Waals surface area contributed by atoms with Gasteiger partial charge in [-0.15, -0.1) is 0 Å². The molecule has 2 unspecified atom stereocenters. The monoisotopic (exact) mass is 737 g/mol. The fourth-order valence-electron chi connectivity index (χ4n) is 6.05. The smallest absolute Gasteiger partial charge is 0.374 e. The van der Waals surface area contributed by atoms with Crippen LogP contribution in [-0.4, -0.2) is 76.6 Å². The lowest BCUT2D eigenvalue weighted by Crippen LogP contribution is -2.31. The Labute approximate surface area is 295 Å². The van der Waals surface area contributed by atoms with Gasteiger partial charge in [-0.05, 0) is 11.1 Å². The molecule has 6 N–H and O–H groups in total. The average molecular weight is 738 g/mol. The third-order valence-corrected chi connectivity index (χ3v) is 9.56. The molecule has 5 aromatic rings. The number of benzene rings is 2. The number of ether oxygens (including phenoxy) is 4. The van der Waals surface area contributed by atoms with Crippen molar-refractivity contribution in [2.45, 2.75) is 62.9 Å². The number of nitrogen functional groups attached to an aromatic ring is 2. The molecule has 0 spiro atoms. The first-order chi connectivity index (χ1) is 25.1. The van der Waals surface area contributed by atoms with Crippen molar-refractivity contribution in [1.82, 2.24) is 34.1 Å². The number of rotatable bonds is 14. The molecule has 52 heavy (non-hydrogen) atoms. The van der Waals surface area contributed by atoms with E-state index in [9.17, 15) is 19.0 Å². The van der Waals surface area contributed by atoms with Gasteiger partial charge in [0.1, 0.15) is 37.1 Å². The van der Waals surface area contributed by atoms with Crippen molar-refractivity contribution in [3.05, 3.63) is 105 Å². The standard InChI is InChI=1S/C32H36N9O10P/c33-30-36-18-41(32(43)39-30)26-11-21(47-14-20-9-5-2-6-10-20)24(50-26)16-48-52(44,45)51-22-12-25(40-17-35-27-28(40)37-31(34)38-29(27)42)49-23(22)15-46-13-19-7-3-1-4-8-19/h1-10,17-18,21-26H,11-16H2,(H,44,45)(H2,33,39,43)(H3,34,37,38,42)/t21-,22?,23-,24-,25-,26-/m1/s1. The normalized spacial score (nSPS) is 24.3. The summed E-state index contributed by atoms with van der Waals surface area (Å²) in [6.45, 7) is 0.0114. The molecule has 3 aromatic heterocycles. The molecule has 5 heterocycles. The number of aromatic nitrogens is 7. The summed E-state index contributed by atoms with van der Waals surface area (Å²) in [5, 5.41) is 0. The molecule has 0 bridgehead atoms. The van der Waals surface area contributed by atoms with Gasteiger partial charge in [-0.1, -0.05) is 60.7 Å². The van der Waals surface area contributed by atoms with Crippen LogP contribution in [-0.2, 0) is 45.8 Å². The van der Waals surface area contributed by atoms with E-state index in [1.807, 2.05) is 60.7 Å². The molecule has 2 aliphatic heterocycles. The van der Waals surface area contributed by atoms with Crippen LogP contribution in [0.5, 0.6) is 0 Å². The fraction of sp³-hybridized carbons (Fsp3) is 0.375. The average Bonchev–Trinajstić information content (AvgIpc) is 3.84. The summed E-state index contributed by atoms with van der Waals surface area (Å²) in [5.41, 5.74) is 12.1. The molecule has 0 amide bonds. The van der Waals surface area contributed by atoms with Gasteiger partial charge in [0.25, 0.3) is 5.56 Å². The predicted molar refractivity (Wildman–Crippen MR) is 182 cm³/mol. The van der Waals surface area contributed by atoms with Crippen LogP contribution in [0.1, 0.15) is 36.4 Å².